The lowest BCUT2D eigenvalue weighted by atomic mass is 10.1. The molecule has 1 atom stereocenters. The second kappa shape index (κ2) is 6.49. The number of hydrogen-bond acceptors (Lipinski definition) is 5. The van der Waals surface area contributed by atoms with E-state index >= 15 is 0 Å². The molecule has 1 aromatic carbocycles. The van der Waals surface area contributed by atoms with Gasteiger partial charge in [-0.25, -0.2) is 19.6 Å². The fourth-order valence-electron chi connectivity index (χ4n) is 3.04. The summed E-state index contributed by atoms with van der Waals surface area (Å²) in [5, 5.41) is 8.02. The molecule has 3 aromatic rings. The number of aromatic nitrogens is 5. The summed E-state index contributed by atoms with van der Waals surface area (Å²) in [7, 11) is 0. The van der Waals surface area contributed by atoms with E-state index in [0.29, 0.717) is 6.04 Å². The van der Waals surface area contributed by atoms with Crippen molar-refractivity contribution in [1.29, 1.82) is 0 Å². The molecule has 0 saturated heterocycles. The van der Waals surface area contributed by atoms with E-state index in [-0.39, 0.29) is 0 Å². The van der Waals surface area contributed by atoms with Crippen molar-refractivity contribution < 1.29 is 0 Å². The summed E-state index contributed by atoms with van der Waals surface area (Å²) in [6.07, 6.45) is 5.86. The molecule has 1 aliphatic heterocycles. The van der Waals surface area contributed by atoms with Crippen LogP contribution in [0, 0.1) is 6.92 Å². The maximum absolute atomic E-state index is 4.47. The second-order valence-corrected chi connectivity index (χ2v) is 6.15. The van der Waals surface area contributed by atoms with Gasteiger partial charge in [0.2, 0.25) is 0 Å². The molecular formula is C18H20N6. The fourth-order valence-corrected chi connectivity index (χ4v) is 3.04. The van der Waals surface area contributed by atoms with Crippen LogP contribution in [0.3, 0.4) is 0 Å². The van der Waals surface area contributed by atoms with E-state index in [2.05, 4.69) is 25.4 Å². The van der Waals surface area contributed by atoms with Crippen LogP contribution >= 0.6 is 0 Å². The molecule has 6 heteroatoms. The highest BCUT2D eigenvalue weighted by atomic mass is 15.4. The van der Waals surface area contributed by atoms with Gasteiger partial charge in [0, 0.05) is 42.5 Å². The van der Waals surface area contributed by atoms with E-state index in [0.717, 1.165) is 54.5 Å². The predicted molar refractivity (Wildman–Crippen MR) is 91.2 cm³/mol. The Morgan fingerprint density at radius 3 is 2.75 bits per heavy atom. The molecule has 0 amide bonds. The van der Waals surface area contributed by atoms with Crippen LogP contribution in [0.5, 0.6) is 0 Å². The Morgan fingerprint density at radius 1 is 1.17 bits per heavy atom. The Hall–Kier alpha value is -2.60. The number of aryl methyl sites for hydroxylation is 2. The molecule has 1 N–H and O–H groups in total. The average Bonchev–Trinajstić information content (AvgIpc) is 3.00. The highest BCUT2D eigenvalue weighted by molar-refractivity contribution is 5.53. The zero-order chi connectivity index (χ0) is 16.4. The molecule has 2 aromatic heterocycles. The molecule has 3 heterocycles. The Labute approximate surface area is 141 Å². The first-order valence-corrected chi connectivity index (χ1v) is 8.28. The maximum atomic E-state index is 4.47. The third-order valence-corrected chi connectivity index (χ3v) is 4.30. The van der Waals surface area contributed by atoms with Gasteiger partial charge in [-0.05, 0) is 13.3 Å². The van der Waals surface area contributed by atoms with Gasteiger partial charge in [-0.3, -0.25) is 0 Å². The lowest BCUT2D eigenvalue weighted by Gasteiger charge is -2.23. The van der Waals surface area contributed by atoms with Gasteiger partial charge in [0.15, 0.2) is 5.82 Å². The fraction of sp³-hybridized carbons (Fsp3) is 0.333. The zero-order valence-electron chi connectivity index (χ0n) is 13.7. The Bertz CT molecular complexity index is 809. The van der Waals surface area contributed by atoms with Crippen molar-refractivity contribution >= 4 is 0 Å². The molecule has 24 heavy (non-hydrogen) atoms. The summed E-state index contributed by atoms with van der Waals surface area (Å²) in [6, 6.07) is 10.4. The summed E-state index contributed by atoms with van der Waals surface area (Å²) >= 11 is 0. The Balaban J connectivity index is 1.37. The van der Waals surface area contributed by atoms with E-state index in [1.54, 1.807) is 0 Å². The minimum atomic E-state index is 0.410. The maximum Gasteiger partial charge on any atom is 0.159 e. The monoisotopic (exact) mass is 320 g/mol. The molecular weight excluding hydrogens is 300 g/mol. The highest BCUT2D eigenvalue weighted by Gasteiger charge is 2.20. The summed E-state index contributed by atoms with van der Waals surface area (Å²) in [5.74, 6) is 2.72. The van der Waals surface area contributed by atoms with E-state index in [1.165, 1.54) is 0 Å². The predicted octanol–water partition coefficient (Wildman–Crippen LogP) is 2.15. The smallest absolute Gasteiger partial charge is 0.159 e. The van der Waals surface area contributed by atoms with Gasteiger partial charge in [-0.2, -0.15) is 5.10 Å². The van der Waals surface area contributed by atoms with Crippen molar-refractivity contribution in [2.24, 2.45) is 0 Å². The van der Waals surface area contributed by atoms with Crippen molar-refractivity contribution in [2.75, 3.05) is 0 Å². The summed E-state index contributed by atoms with van der Waals surface area (Å²) < 4.78 is 2.02. The Morgan fingerprint density at radius 2 is 1.96 bits per heavy atom. The van der Waals surface area contributed by atoms with Crippen LogP contribution in [0.2, 0.25) is 0 Å². The highest BCUT2D eigenvalue weighted by Crippen LogP contribution is 2.15. The first-order valence-electron chi connectivity index (χ1n) is 8.28. The summed E-state index contributed by atoms with van der Waals surface area (Å²) in [5.41, 5.74) is 2.13. The minimum Gasteiger partial charge on any atom is -0.308 e. The summed E-state index contributed by atoms with van der Waals surface area (Å²) in [6.45, 7) is 3.58. The molecule has 4 rings (SSSR count). The molecule has 0 aliphatic carbocycles. The minimum absolute atomic E-state index is 0.410. The van der Waals surface area contributed by atoms with Gasteiger partial charge in [-0.1, -0.05) is 30.3 Å². The molecule has 6 nitrogen and oxygen atoms in total. The van der Waals surface area contributed by atoms with Gasteiger partial charge in [0.1, 0.15) is 11.6 Å². The Kier molecular flexibility index (Phi) is 4.04. The first-order chi connectivity index (χ1) is 11.8. The SMILES string of the molecule is Cc1nc2n(n1)C[C@@H](NCc1cnc(-c3ccccc3)nc1)CC2. The largest absolute Gasteiger partial charge is 0.308 e. The molecule has 0 bridgehead atoms. The summed E-state index contributed by atoms with van der Waals surface area (Å²) in [4.78, 5) is 13.4. The van der Waals surface area contributed by atoms with Crippen molar-refractivity contribution in [3.63, 3.8) is 0 Å². The molecule has 0 fully saturated rings. The van der Waals surface area contributed by atoms with Crippen molar-refractivity contribution in [1.82, 2.24) is 30.0 Å². The standard InChI is InChI=1S/C18H20N6/c1-13-22-17-8-7-16(12-24(17)23-13)19-9-14-10-20-18(21-11-14)15-5-3-2-4-6-15/h2-6,10-11,16,19H,7-9,12H2,1H3/t16-/m0/s1. The number of nitrogens with one attached hydrogen (secondary N) is 1. The van der Waals surface area contributed by atoms with Crippen LogP contribution in [-0.2, 0) is 19.5 Å². The number of hydrogen-bond donors (Lipinski definition) is 1. The van der Waals surface area contributed by atoms with E-state index < -0.39 is 0 Å². The number of rotatable bonds is 4. The molecule has 122 valence electrons. The number of benzene rings is 1. The van der Waals surface area contributed by atoms with E-state index in [1.807, 2.05) is 54.3 Å². The quantitative estimate of drug-likeness (QED) is 0.798. The van der Waals surface area contributed by atoms with E-state index in [4.69, 9.17) is 0 Å². The van der Waals surface area contributed by atoms with Crippen LogP contribution in [-0.4, -0.2) is 30.8 Å². The van der Waals surface area contributed by atoms with Crippen LogP contribution in [0.15, 0.2) is 42.7 Å². The average molecular weight is 320 g/mol. The number of fused-ring (bicyclic) bond motifs is 1. The van der Waals surface area contributed by atoms with Gasteiger partial charge < -0.3 is 5.32 Å². The van der Waals surface area contributed by atoms with Crippen molar-refractivity contribution in [3.05, 3.63) is 59.9 Å². The molecule has 0 radical (unpaired) electrons. The van der Waals surface area contributed by atoms with Crippen molar-refractivity contribution in [2.45, 2.75) is 38.9 Å². The van der Waals surface area contributed by atoms with Crippen LogP contribution < -0.4 is 5.32 Å². The van der Waals surface area contributed by atoms with Crippen LogP contribution in [0.25, 0.3) is 11.4 Å². The molecule has 0 unspecified atom stereocenters. The van der Waals surface area contributed by atoms with Gasteiger partial charge >= 0.3 is 0 Å². The van der Waals surface area contributed by atoms with Crippen LogP contribution in [0.1, 0.15) is 23.6 Å². The lowest BCUT2D eigenvalue weighted by Crippen LogP contribution is -2.37. The first kappa shape index (κ1) is 15.0. The van der Waals surface area contributed by atoms with Gasteiger partial charge in [0.05, 0.1) is 6.54 Å². The van der Waals surface area contributed by atoms with E-state index in [9.17, 15) is 0 Å². The zero-order valence-corrected chi connectivity index (χ0v) is 13.7. The van der Waals surface area contributed by atoms with Gasteiger partial charge in [-0.15, -0.1) is 0 Å². The molecule has 0 spiro atoms. The van der Waals surface area contributed by atoms with Crippen LogP contribution in [0.4, 0.5) is 0 Å². The molecule has 1 aliphatic rings. The lowest BCUT2D eigenvalue weighted by molar-refractivity contribution is 0.357. The second-order valence-electron chi connectivity index (χ2n) is 6.15. The topological polar surface area (TPSA) is 68.5 Å². The third kappa shape index (κ3) is 3.19. The molecule has 0 saturated carbocycles. The normalized spacial score (nSPS) is 16.8. The third-order valence-electron chi connectivity index (χ3n) is 4.30. The van der Waals surface area contributed by atoms with Crippen molar-refractivity contribution in [3.8, 4) is 11.4 Å². The van der Waals surface area contributed by atoms with Gasteiger partial charge in [0.25, 0.3) is 0 Å². The number of nitrogens with zero attached hydrogens (tertiary/aromatic N) is 5.